The Hall–Kier alpha value is -3.39. The lowest BCUT2D eigenvalue weighted by Crippen LogP contribution is -2.15. The highest BCUT2D eigenvalue weighted by Gasteiger charge is 2.17. The highest BCUT2D eigenvalue weighted by Crippen LogP contribution is 2.36. The van der Waals surface area contributed by atoms with E-state index in [0.717, 1.165) is 51.0 Å². The van der Waals surface area contributed by atoms with Gasteiger partial charge in [-0.05, 0) is 43.2 Å². The molecule has 0 aliphatic carbocycles. The SMILES string of the molecule is CCCc1c(C)nc2ncnn2c1Sc1ccccc1NC(=O)Cc1ccc(OC)cc1. The fourth-order valence-electron chi connectivity index (χ4n) is 3.48. The molecule has 0 fully saturated rings. The van der Waals surface area contributed by atoms with Crippen molar-refractivity contribution in [2.45, 2.75) is 43.0 Å². The van der Waals surface area contributed by atoms with Gasteiger partial charge in [0.15, 0.2) is 0 Å². The first kappa shape index (κ1) is 21.8. The average molecular weight is 448 g/mol. The number of aryl methyl sites for hydroxylation is 1. The van der Waals surface area contributed by atoms with Crippen LogP contribution in [0.4, 0.5) is 5.69 Å². The van der Waals surface area contributed by atoms with Gasteiger partial charge < -0.3 is 10.1 Å². The van der Waals surface area contributed by atoms with Gasteiger partial charge in [-0.2, -0.15) is 14.6 Å². The average Bonchev–Trinajstić information content (AvgIpc) is 3.26. The van der Waals surface area contributed by atoms with Gasteiger partial charge in [-0.25, -0.2) is 4.98 Å². The fourth-order valence-corrected chi connectivity index (χ4v) is 4.66. The number of aromatic nitrogens is 4. The normalized spacial score (nSPS) is 11.0. The molecule has 0 saturated carbocycles. The van der Waals surface area contributed by atoms with Crippen LogP contribution in [0.3, 0.4) is 0 Å². The van der Waals surface area contributed by atoms with Gasteiger partial charge in [0.25, 0.3) is 5.78 Å². The summed E-state index contributed by atoms with van der Waals surface area (Å²) < 4.78 is 6.96. The minimum Gasteiger partial charge on any atom is -0.497 e. The summed E-state index contributed by atoms with van der Waals surface area (Å²) in [7, 11) is 1.62. The first-order valence-corrected chi connectivity index (χ1v) is 11.3. The number of anilines is 1. The molecule has 4 aromatic rings. The number of nitrogens with zero attached hydrogens (tertiary/aromatic N) is 4. The molecule has 0 saturated heterocycles. The van der Waals surface area contributed by atoms with Crippen molar-refractivity contribution in [1.82, 2.24) is 19.6 Å². The highest BCUT2D eigenvalue weighted by atomic mass is 32.2. The molecule has 2 heterocycles. The zero-order chi connectivity index (χ0) is 22.5. The predicted octanol–water partition coefficient (Wildman–Crippen LogP) is 4.73. The number of carbonyl (C=O) groups excluding carboxylic acids is 1. The number of fused-ring (bicyclic) bond motifs is 1. The number of para-hydroxylation sites is 1. The fraction of sp³-hybridized carbons (Fsp3) is 0.250. The van der Waals surface area contributed by atoms with Crippen LogP contribution >= 0.6 is 11.8 Å². The summed E-state index contributed by atoms with van der Waals surface area (Å²) >= 11 is 1.57. The van der Waals surface area contributed by atoms with Crippen LogP contribution in [0.5, 0.6) is 5.75 Å². The minimum absolute atomic E-state index is 0.0752. The van der Waals surface area contributed by atoms with Crippen molar-refractivity contribution in [3.05, 3.63) is 71.7 Å². The summed E-state index contributed by atoms with van der Waals surface area (Å²) in [6.45, 7) is 4.15. The lowest BCUT2D eigenvalue weighted by atomic mass is 10.1. The second-order valence-corrected chi connectivity index (χ2v) is 8.40. The largest absolute Gasteiger partial charge is 0.497 e. The molecular formula is C24H25N5O2S. The molecule has 32 heavy (non-hydrogen) atoms. The second-order valence-electron chi connectivity index (χ2n) is 7.37. The van der Waals surface area contributed by atoms with E-state index < -0.39 is 0 Å². The van der Waals surface area contributed by atoms with E-state index in [2.05, 4.69) is 27.3 Å². The molecule has 1 N–H and O–H groups in total. The summed E-state index contributed by atoms with van der Waals surface area (Å²) in [5.74, 6) is 1.27. The highest BCUT2D eigenvalue weighted by molar-refractivity contribution is 7.99. The van der Waals surface area contributed by atoms with Gasteiger partial charge in [-0.3, -0.25) is 4.79 Å². The Bertz CT molecular complexity index is 1240. The van der Waals surface area contributed by atoms with Gasteiger partial charge in [0, 0.05) is 16.2 Å². The maximum atomic E-state index is 12.7. The smallest absolute Gasteiger partial charge is 0.253 e. The van der Waals surface area contributed by atoms with Crippen molar-refractivity contribution in [3.8, 4) is 5.75 Å². The molecule has 0 aliphatic heterocycles. The molecule has 0 atom stereocenters. The minimum atomic E-state index is -0.0752. The van der Waals surface area contributed by atoms with Crippen LogP contribution in [0, 0.1) is 6.92 Å². The van der Waals surface area contributed by atoms with Crippen LogP contribution in [0.1, 0.15) is 30.2 Å². The van der Waals surface area contributed by atoms with E-state index in [9.17, 15) is 4.79 Å². The number of nitrogens with one attached hydrogen (secondary N) is 1. The van der Waals surface area contributed by atoms with Gasteiger partial charge in [-0.15, -0.1) is 0 Å². The molecule has 0 unspecified atom stereocenters. The summed E-state index contributed by atoms with van der Waals surface area (Å²) in [5, 5.41) is 8.42. The monoisotopic (exact) mass is 447 g/mol. The van der Waals surface area contributed by atoms with Gasteiger partial charge in [0.2, 0.25) is 5.91 Å². The summed E-state index contributed by atoms with van der Waals surface area (Å²) in [5.41, 5.74) is 3.79. The van der Waals surface area contributed by atoms with Crippen LogP contribution in [0.2, 0.25) is 0 Å². The van der Waals surface area contributed by atoms with Crippen LogP contribution in [-0.4, -0.2) is 32.6 Å². The summed E-state index contributed by atoms with van der Waals surface area (Å²) in [4.78, 5) is 22.5. The first-order valence-electron chi connectivity index (χ1n) is 10.5. The van der Waals surface area contributed by atoms with E-state index >= 15 is 0 Å². The Balaban J connectivity index is 1.60. The molecule has 2 aromatic carbocycles. The number of benzene rings is 2. The molecular weight excluding hydrogens is 422 g/mol. The van der Waals surface area contributed by atoms with Gasteiger partial charge in [0.05, 0.1) is 19.2 Å². The van der Waals surface area contributed by atoms with E-state index in [1.165, 1.54) is 6.33 Å². The molecule has 7 nitrogen and oxygen atoms in total. The van der Waals surface area contributed by atoms with Crippen LogP contribution < -0.4 is 10.1 Å². The number of amides is 1. The zero-order valence-electron chi connectivity index (χ0n) is 18.3. The van der Waals surface area contributed by atoms with E-state index in [-0.39, 0.29) is 12.3 Å². The standard InChI is InChI=1S/C24H25N5O2S/c1-4-7-19-16(2)27-24-25-15-26-29(24)23(19)32-21-9-6-5-8-20(21)28-22(30)14-17-10-12-18(31-3)13-11-17/h5-6,8-13,15H,4,7,14H2,1-3H3,(H,28,30). The number of carbonyl (C=O) groups is 1. The summed E-state index contributed by atoms with van der Waals surface area (Å²) in [6.07, 6.45) is 3.69. The Morgan fingerprint density at radius 2 is 1.94 bits per heavy atom. The van der Waals surface area contributed by atoms with Crippen LogP contribution in [0.25, 0.3) is 5.78 Å². The number of hydrogen-bond acceptors (Lipinski definition) is 6. The van der Waals surface area contributed by atoms with Crippen molar-refractivity contribution in [2.75, 3.05) is 12.4 Å². The molecule has 4 rings (SSSR count). The molecule has 164 valence electrons. The van der Waals surface area contributed by atoms with Crippen molar-refractivity contribution in [3.63, 3.8) is 0 Å². The number of methoxy groups -OCH3 is 1. The Morgan fingerprint density at radius 1 is 1.16 bits per heavy atom. The molecule has 2 aromatic heterocycles. The van der Waals surface area contributed by atoms with E-state index in [4.69, 9.17) is 4.74 Å². The summed E-state index contributed by atoms with van der Waals surface area (Å²) in [6, 6.07) is 15.3. The maximum Gasteiger partial charge on any atom is 0.253 e. The van der Waals surface area contributed by atoms with E-state index in [0.29, 0.717) is 5.78 Å². The Kier molecular flexibility index (Phi) is 6.70. The quantitative estimate of drug-likeness (QED) is 0.394. The number of ether oxygens (including phenoxy) is 1. The topological polar surface area (TPSA) is 81.4 Å². The van der Waals surface area contributed by atoms with E-state index in [1.807, 2.05) is 55.5 Å². The molecule has 8 heteroatoms. The van der Waals surface area contributed by atoms with Crippen molar-refractivity contribution in [2.24, 2.45) is 0 Å². The van der Waals surface area contributed by atoms with Gasteiger partial charge in [0.1, 0.15) is 17.1 Å². The second kappa shape index (κ2) is 9.82. The van der Waals surface area contributed by atoms with Crippen molar-refractivity contribution < 1.29 is 9.53 Å². The number of rotatable bonds is 8. The lowest BCUT2D eigenvalue weighted by Gasteiger charge is -2.15. The third-order valence-corrected chi connectivity index (χ3v) is 6.26. The number of hydrogen-bond donors (Lipinski definition) is 1. The molecule has 0 spiro atoms. The van der Waals surface area contributed by atoms with Gasteiger partial charge in [-0.1, -0.05) is 49.4 Å². The third kappa shape index (κ3) is 4.75. The molecule has 0 bridgehead atoms. The van der Waals surface area contributed by atoms with E-state index in [1.54, 1.807) is 23.4 Å². The predicted molar refractivity (Wildman–Crippen MR) is 125 cm³/mol. The van der Waals surface area contributed by atoms with Crippen LogP contribution in [0.15, 0.2) is 64.8 Å². The van der Waals surface area contributed by atoms with Crippen molar-refractivity contribution in [1.29, 1.82) is 0 Å². The third-order valence-electron chi connectivity index (χ3n) is 5.08. The molecule has 0 aliphatic rings. The molecule has 0 radical (unpaired) electrons. The maximum absolute atomic E-state index is 12.7. The van der Waals surface area contributed by atoms with Crippen LogP contribution in [-0.2, 0) is 17.6 Å². The Morgan fingerprint density at radius 3 is 2.69 bits per heavy atom. The van der Waals surface area contributed by atoms with Crippen molar-refractivity contribution >= 4 is 29.1 Å². The first-order chi connectivity index (χ1) is 15.6. The lowest BCUT2D eigenvalue weighted by molar-refractivity contribution is -0.115. The Labute approximate surface area is 191 Å². The van der Waals surface area contributed by atoms with Gasteiger partial charge >= 0.3 is 0 Å². The zero-order valence-corrected chi connectivity index (χ0v) is 19.1. The molecule has 1 amide bonds.